The van der Waals surface area contributed by atoms with Crippen LogP contribution < -0.4 is 5.73 Å². The molecule has 0 spiro atoms. The van der Waals surface area contributed by atoms with Crippen molar-refractivity contribution >= 4 is 0 Å². The lowest BCUT2D eigenvalue weighted by Crippen LogP contribution is -2.32. The molecule has 0 aliphatic carbocycles. The van der Waals surface area contributed by atoms with Crippen LogP contribution in [-0.4, -0.2) is 12.6 Å². The second kappa shape index (κ2) is 3.90. The Balaban J connectivity index is 2.03. The van der Waals surface area contributed by atoms with Crippen molar-refractivity contribution in [3.63, 3.8) is 0 Å². The van der Waals surface area contributed by atoms with E-state index < -0.39 is 0 Å². The second-order valence-electron chi connectivity index (χ2n) is 3.57. The fourth-order valence-electron chi connectivity index (χ4n) is 1.70. The number of benzene rings is 1. The zero-order chi connectivity index (χ0) is 9.10. The van der Waals surface area contributed by atoms with E-state index in [1.807, 2.05) is 18.2 Å². The number of rotatable bonds is 1. The quantitative estimate of drug-likeness (QED) is 0.710. The van der Waals surface area contributed by atoms with Crippen LogP contribution in [0.3, 0.4) is 0 Å². The van der Waals surface area contributed by atoms with E-state index in [-0.39, 0.29) is 12.1 Å². The smallest absolute Gasteiger partial charge is 0.0826 e. The Morgan fingerprint density at radius 1 is 1.15 bits per heavy atom. The number of hydrogen-bond donors (Lipinski definition) is 1. The van der Waals surface area contributed by atoms with Gasteiger partial charge in [-0.25, -0.2) is 0 Å². The molecule has 0 bridgehead atoms. The molecule has 70 valence electrons. The van der Waals surface area contributed by atoms with Crippen LogP contribution >= 0.6 is 0 Å². The van der Waals surface area contributed by atoms with Crippen molar-refractivity contribution in [2.45, 2.75) is 25.0 Å². The summed E-state index contributed by atoms with van der Waals surface area (Å²) in [5, 5.41) is 0. The van der Waals surface area contributed by atoms with Gasteiger partial charge in [0.2, 0.25) is 0 Å². The third kappa shape index (κ3) is 2.08. The first kappa shape index (κ1) is 8.73. The molecule has 1 aromatic carbocycles. The molecule has 0 amide bonds. The summed E-state index contributed by atoms with van der Waals surface area (Å²) in [6.45, 7) is 0.694. The molecule has 0 saturated carbocycles. The largest absolute Gasteiger partial charge is 0.372 e. The summed E-state index contributed by atoms with van der Waals surface area (Å²) in [6.07, 6.45) is 2.38. The first-order valence-electron chi connectivity index (χ1n) is 4.78. The van der Waals surface area contributed by atoms with Crippen molar-refractivity contribution in [2.75, 3.05) is 6.61 Å². The van der Waals surface area contributed by atoms with Crippen LogP contribution in [0, 0.1) is 0 Å². The van der Waals surface area contributed by atoms with Gasteiger partial charge in [-0.05, 0) is 18.4 Å². The van der Waals surface area contributed by atoms with Gasteiger partial charge in [0.15, 0.2) is 0 Å². The van der Waals surface area contributed by atoms with E-state index in [1.165, 1.54) is 5.56 Å². The van der Waals surface area contributed by atoms with Gasteiger partial charge in [0.1, 0.15) is 0 Å². The molecule has 2 N–H and O–H groups in total. The van der Waals surface area contributed by atoms with E-state index in [0.29, 0.717) is 6.61 Å². The zero-order valence-electron chi connectivity index (χ0n) is 7.65. The van der Waals surface area contributed by atoms with Crippen molar-refractivity contribution in [3.05, 3.63) is 35.9 Å². The molecule has 1 aliphatic rings. The Morgan fingerprint density at radius 2 is 1.92 bits per heavy atom. The Morgan fingerprint density at radius 3 is 2.54 bits per heavy atom. The minimum absolute atomic E-state index is 0.236. The number of nitrogens with two attached hydrogens (primary N) is 1. The van der Waals surface area contributed by atoms with Crippen LogP contribution in [0.5, 0.6) is 0 Å². The molecule has 2 nitrogen and oxygen atoms in total. The topological polar surface area (TPSA) is 35.2 Å². The molecule has 0 unspecified atom stereocenters. The average molecular weight is 177 g/mol. The van der Waals surface area contributed by atoms with Gasteiger partial charge in [-0.1, -0.05) is 30.3 Å². The van der Waals surface area contributed by atoms with Crippen molar-refractivity contribution in [1.29, 1.82) is 0 Å². The van der Waals surface area contributed by atoms with Gasteiger partial charge < -0.3 is 10.5 Å². The summed E-state index contributed by atoms with van der Waals surface area (Å²) in [5.41, 5.74) is 7.02. The SMILES string of the molecule is N[C@H]1CC[C@@H](c2ccccc2)OC1. The molecule has 1 heterocycles. The van der Waals surface area contributed by atoms with Gasteiger partial charge in [0, 0.05) is 6.04 Å². The van der Waals surface area contributed by atoms with Gasteiger partial charge in [0.25, 0.3) is 0 Å². The van der Waals surface area contributed by atoms with Crippen molar-refractivity contribution in [1.82, 2.24) is 0 Å². The van der Waals surface area contributed by atoms with Crippen LogP contribution in [-0.2, 0) is 4.74 Å². The van der Waals surface area contributed by atoms with Crippen LogP contribution in [0.4, 0.5) is 0 Å². The Labute approximate surface area is 78.7 Å². The van der Waals surface area contributed by atoms with Crippen molar-refractivity contribution < 1.29 is 4.74 Å². The van der Waals surface area contributed by atoms with Gasteiger partial charge in [-0.3, -0.25) is 0 Å². The standard InChI is InChI=1S/C11H15NO/c12-10-6-7-11(13-8-10)9-4-2-1-3-5-9/h1-5,10-11H,6-8,12H2/t10-,11-/m0/s1. The Kier molecular flexibility index (Phi) is 2.62. The summed E-state index contributed by atoms with van der Waals surface area (Å²) in [6, 6.07) is 10.6. The summed E-state index contributed by atoms with van der Waals surface area (Å²) in [4.78, 5) is 0. The lowest BCUT2D eigenvalue weighted by Gasteiger charge is -2.26. The molecule has 1 aromatic rings. The second-order valence-corrected chi connectivity index (χ2v) is 3.57. The predicted molar refractivity (Wildman–Crippen MR) is 52.3 cm³/mol. The Bertz CT molecular complexity index is 252. The fourth-order valence-corrected chi connectivity index (χ4v) is 1.70. The fraction of sp³-hybridized carbons (Fsp3) is 0.455. The lowest BCUT2D eigenvalue weighted by molar-refractivity contribution is 0.00412. The highest BCUT2D eigenvalue weighted by Crippen LogP contribution is 2.26. The van der Waals surface area contributed by atoms with E-state index >= 15 is 0 Å². The molecule has 2 atom stereocenters. The normalized spacial score (nSPS) is 28.7. The molecule has 13 heavy (non-hydrogen) atoms. The third-order valence-corrected chi connectivity index (χ3v) is 2.48. The molecular weight excluding hydrogens is 162 g/mol. The minimum atomic E-state index is 0.236. The maximum absolute atomic E-state index is 5.75. The highest BCUT2D eigenvalue weighted by Gasteiger charge is 2.19. The van der Waals surface area contributed by atoms with Crippen LogP contribution in [0.25, 0.3) is 0 Å². The van der Waals surface area contributed by atoms with Gasteiger partial charge in [-0.2, -0.15) is 0 Å². The predicted octanol–water partition coefficient (Wildman–Crippen LogP) is 1.87. The monoisotopic (exact) mass is 177 g/mol. The van der Waals surface area contributed by atoms with E-state index in [1.54, 1.807) is 0 Å². The van der Waals surface area contributed by atoms with Crippen LogP contribution in [0.15, 0.2) is 30.3 Å². The minimum Gasteiger partial charge on any atom is -0.372 e. The first-order chi connectivity index (χ1) is 6.36. The summed E-state index contributed by atoms with van der Waals surface area (Å²) in [5.74, 6) is 0. The third-order valence-electron chi connectivity index (χ3n) is 2.48. The van der Waals surface area contributed by atoms with Gasteiger partial charge >= 0.3 is 0 Å². The highest BCUT2D eigenvalue weighted by molar-refractivity contribution is 5.17. The molecule has 2 heteroatoms. The highest BCUT2D eigenvalue weighted by atomic mass is 16.5. The molecule has 1 saturated heterocycles. The number of ether oxygens (including phenoxy) is 1. The zero-order valence-corrected chi connectivity index (χ0v) is 7.65. The maximum Gasteiger partial charge on any atom is 0.0826 e. The van der Waals surface area contributed by atoms with Crippen LogP contribution in [0.1, 0.15) is 24.5 Å². The molecule has 0 radical (unpaired) electrons. The van der Waals surface area contributed by atoms with E-state index in [9.17, 15) is 0 Å². The molecule has 1 aliphatic heterocycles. The molecule has 1 fully saturated rings. The number of hydrogen-bond acceptors (Lipinski definition) is 2. The average Bonchev–Trinajstić information content (AvgIpc) is 2.20. The molecule has 0 aromatic heterocycles. The van der Waals surface area contributed by atoms with Gasteiger partial charge in [-0.15, -0.1) is 0 Å². The van der Waals surface area contributed by atoms with Gasteiger partial charge in [0.05, 0.1) is 12.7 Å². The van der Waals surface area contributed by atoms with E-state index in [4.69, 9.17) is 10.5 Å². The maximum atomic E-state index is 5.75. The summed E-state index contributed by atoms with van der Waals surface area (Å²) in [7, 11) is 0. The first-order valence-corrected chi connectivity index (χ1v) is 4.78. The van der Waals surface area contributed by atoms with E-state index in [2.05, 4.69) is 12.1 Å². The molecule has 2 rings (SSSR count). The summed E-state index contributed by atoms with van der Waals surface area (Å²) < 4.78 is 5.65. The van der Waals surface area contributed by atoms with Crippen molar-refractivity contribution in [2.24, 2.45) is 5.73 Å². The van der Waals surface area contributed by atoms with Crippen LogP contribution in [0.2, 0.25) is 0 Å². The van der Waals surface area contributed by atoms with E-state index in [0.717, 1.165) is 12.8 Å². The molecular formula is C11H15NO. The lowest BCUT2D eigenvalue weighted by atomic mass is 10.00. The van der Waals surface area contributed by atoms with Crippen molar-refractivity contribution in [3.8, 4) is 0 Å². The summed E-state index contributed by atoms with van der Waals surface area (Å²) >= 11 is 0. The Hall–Kier alpha value is -0.860.